The molecule has 1 heterocycles. The standard InChI is InChI=1S/C12H15N3O2/c1-9(16)10-4-3-5-11(6-10)17-7-12-14-13-8-15(12)2/h3-6,8-9,16H,7H2,1-2H3/t9-/m1/s1. The smallest absolute Gasteiger partial charge is 0.170 e. The molecular formula is C12H15N3O2. The SMILES string of the molecule is C[C@@H](O)c1cccc(OCc2nncn2C)c1. The van der Waals surface area contributed by atoms with Crippen molar-refractivity contribution < 1.29 is 9.84 Å². The fraction of sp³-hybridized carbons (Fsp3) is 0.333. The molecule has 5 heteroatoms. The van der Waals surface area contributed by atoms with Crippen molar-refractivity contribution in [1.82, 2.24) is 14.8 Å². The molecule has 2 rings (SSSR count). The maximum Gasteiger partial charge on any atom is 0.170 e. The first kappa shape index (κ1) is 11.6. The second-order valence-corrected chi connectivity index (χ2v) is 3.90. The van der Waals surface area contributed by atoms with Crippen LogP contribution in [0.25, 0.3) is 0 Å². The molecule has 1 aromatic heterocycles. The second kappa shape index (κ2) is 4.97. The zero-order valence-electron chi connectivity index (χ0n) is 9.87. The van der Waals surface area contributed by atoms with Crippen molar-refractivity contribution in [3.8, 4) is 5.75 Å². The Morgan fingerprint density at radius 1 is 1.47 bits per heavy atom. The quantitative estimate of drug-likeness (QED) is 0.868. The maximum atomic E-state index is 9.46. The van der Waals surface area contributed by atoms with Crippen molar-refractivity contribution in [3.63, 3.8) is 0 Å². The fourth-order valence-corrected chi connectivity index (χ4v) is 1.45. The van der Waals surface area contributed by atoms with Crippen LogP contribution < -0.4 is 4.74 Å². The lowest BCUT2D eigenvalue weighted by Gasteiger charge is -2.09. The Balaban J connectivity index is 2.04. The van der Waals surface area contributed by atoms with E-state index >= 15 is 0 Å². The average molecular weight is 233 g/mol. The molecule has 0 bridgehead atoms. The summed E-state index contributed by atoms with van der Waals surface area (Å²) in [5, 5.41) is 17.2. The van der Waals surface area contributed by atoms with Gasteiger partial charge in [-0.3, -0.25) is 0 Å². The number of aliphatic hydroxyl groups excluding tert-OH is 1. The van der Waals surface area contributed by atoms with E-state index < -0.39 is 6.10 Å². The maximum absolute atomic E-state index is 9.46. The largest absolute Gasteiger partial charge is 0.486 e. The van der Waals surface area contributed by atoms with Crippen LogP contribution in [0.15, 0.2) is 30.6 Å². The van der Waals surface area contributed by atoms with Gasteiger partial charge in [0, 0.05) is 7.05 Å². The van der Waals surface area contributed by atoms with Gasteiger partial charge >= 0.3 is 0 Å². The van der Waals surface area contributed by atoms with Gasteiger partial charge in [-0.25, -0.2) is 0 Å². The monoisotopic (exact) mass is 233 g/mol. The molecule has 0 fully saturated rings. The minimum atomic E-state index is -0.492. The lowest BCUT2D eigenvalue weighted by molar-refractivity contribution is 0.198. The fourth-order valence-electron chi connectivity index (χ4n) is 1.45. The molecule has 0 saturated carbocycles. The Morgan fingerprint density at radius 2 is 2.29 bits per heavy atom. The summed E-state index contributed by atoms with van der Waals surface area (Å²) < 4.78 is 7.39. The van der Waals surface area contributed by atoms with E-state index in [0.717, 1.165) is 11.4 Å². The summed E-state index contributed by atoms with van der Waals surface area (Å²) in [5.41, 5.74) is 0.834. The highest BCUT2D eigenvalue weighted by atomic mass is 16.5. The molecule has 0 aliphatic carbocycles. The van der Waals surface area contributed by atoms with E-state index in [-0.39, 0.29) is 0 Å². The third-order valence-electron chi connectivity index (χ3n) is 2.51. The predicted molar refractivity (Wildman–Crippen MR) is 62.4 cm³/mol. The minimum Gasteiger partial charge on any atom is -0.486 e. The van der Waals surface area contributed by atoms with E-state index in [0.29, 0.717) is 12.4 Å². The van der Waals surface area contributed by atoms with E-state index in [1.807, 2.05) is 31.3 Å². The van der Waals surface area contributed by atoms with Gasteiger partial charge in [-0.2, -0.15) is 0 Å². The average Bonchev–Trinajstić information content (AvgIpc) is 2.72. The third-order valence-corrected chi connectivity index (χ3v) is 2.51. The molecule has 17 heavy (non-hydrogen) atoms. The molecule has 0 unspecified atom stereocenters. The molecule has 1 N–H and O–H groups in total. The minimum absolute atomic E-state index is 0.361. The van der Waals surface area contributed by atoms with Gasteiger partial charge in [0.2, 0.25) is 0 Å². The number of aliphatic hydroxyl groups is 1. The van der Waals surface area contributed by atoms with Crippen LogP contribution >= 0.6 is 0 Å². The van der Waals surface area contributed by atoms with Gasteiger partial charge in [-0.15, -0.1) is 10.2 Å². The topological polar surface area (TPSA) is 60.2 Å². The lowest BCUT2D eigenvalue weighted by Crippen LogP contribution is -2.03. The van der Waals surface area contributed by atoms with Crippen molar-refractivity contribution in [3.05, 3.63) is 42.0 Å². The van der Waals surface area contributed by atoms with Gasteiger partial charge in [0.1, 0.15) is 18.7 Å². The normalized spacial score (nSPS) is 12.4. The van der Waals surface area contributed by atoms with Crippen LogP contribution in [0.5, 0.6) is 5.75 Å². The van der Waals surface area contributed by atoms with E-state index in [1.165, 1.54) is 0 Å². The van der Waals surface area contributed by atoms with Gasteiger partial charge in [0.05, 0.1) is 6.10 Å². The molecule has 0 amide bonds. The number of rotatable bonds is 4. The van der Waals surface area contributed by atoms with Crippen LogP contribution in [0.2, 0.25) is 0 Å². The first-order chi connectivity index (χ1) is 8.16. The Labute approximate surface area is 99.7 Å². The number of benzene rings is 1. The van der Waals surface area contributed by atoms with E-state index in [2.05, 4.69) is 10.2 Å². The molecule has 90 valence electrons. The van der Waals surface area contributed by atoms with Gasteiger partial charge in [0.15, 0.2) is 5.82 Å². The summed E-state index contributed by atoms with van der Waals surface area (Å²) in [7, 11) is 1.87. The number of aryl methyl sites for hydroxylation is 1. The molecular weight excluding hydrogens is 218 g/mol. The highest BCUT2D eigenvalue weighted by molar-refractivity contribution is 5.29. The van der Waals surface area contributed by atoms with Crippen LogP contribution in [0.3, 0.4) is 0 Å². The van der Waals surface area contributed by atoms with Crippen LogP contribution in [0, 0.1) is 0 Å². The molecule has 5 nitrogen and oxygen atoms in total. The molecule has 0 aliphatic rings. The predicted octanol–water partition coefficient (Wildman–Crippen LogP) is 1.45. The van der Waals surface area contributed by atoms with Crippen molar-refractivity contribution in [2.75, 3.05) is 0 Å². The number of nitrogens with zero attached hydrogens (tertiary/aromatic N) is 3. The van der Waals surface area contributed by atoms with Crippen LogP contribution in [0.4, 0.5) is 0 Å². The highest BCUT2D eigenvalue weighted by Crippen LogP contribution is 2.19. The summed E-state index contributed by atoms with van der Waals surface area (Å²) in [6.07, 6.45) is 1.14. The zero-order chi connectivity index (χ0) is 12.3. The summed E-state index contributed by atoms with van der Waals surface area (Å²) >= 11 is 0. The van der Waals surface area contributed by atoms with Crippen molar-refractivity contribution >= 4 is 0 Å². The first-order valence-electron chi connectivity index (χ1n) is 5.40. The Kier molecular flexibility index (Phi) is 3.39. The van der Waals surface area contributed by atoms with E-state index in [4.69, 9.17) is 4.74 Å². The molecule has 0 radical (unpaired) electrons. The van der Waals surface area contributed by atoms with Crippen molar-refractivity contribution in [2.45, 2.75) is 19.6 Å². The summed E-state index contributed by atoms with van der Waals surface area (Å²) in [5.74, 6) is 1.47. The number of aromatic nitrogens is 3. The summed E-state index contributed by atoms with van der Waals surface area (Å²) in [4.78, 5) is 0. The molecule has 0 spiro atoms. The van der Waals surface area contributed by atoms with Gasteiger partial charge in [-0.1, -0.05) is 12.1 Å². The van der Waals surface area contributed by atoms with Gasteiger partial charge in [-0.05, 0) is 24.6 Å². The van der Waals surface area contributed by atoms with Crippen LogP contribution in [0.1, 0.15) is 24.4 Å². The van der Waals surface area contributed by atoms with Gasteiger partial charge in [0.25, 0.3) is 0 Å². The van der Waals surface area contributed by atoms with Crippen LogP contribution in [-0.2, 0) is 13.7 Å². The Hall–Kier alpha value is -1.88. The summed E-state index contributed by atoms with van der Waals surface area (Å²) in [6.45, 7) is 2.08. The summed E-state index contributed by atoms with van der Waals surface area (Å²) in [6, 6.07) is 7.39. The molecule has 0 saturated heterocycles. The van der Waals surface area contributed by atoms with Crippen LogP contribution in [-0.4, -0.2) is 19.9 Å². The number of hydrogen-bond donors (Lipinski definition) is 1. The second-order valence-electron chi connectivity index (χ2n) is 3.90. The zero-order valence-corrected chi connectivity index (χ0v) is 9.87. The molecule has 1 aromatic carbocycles. The number of hydrogen-bond acceptors (Lipinski definition) is 4. The van der Waals surface area contributed by atoms with Gasteiger partial charge < -0.3 is 14.4 Å². The van der Waals surface area contributed by atoms with Crippen molar-refractivity contribution in [2.24, 2.45) is 7.05 Å². The van der Waals surface area contributed by atoms with E-state index in [9.17, 15) is 5.11 Å². The third kappa shape index (κ3) is 2.82. The first-order valence-corrected chi connectivity index (χ1v) is 5.40. The molecule has 0 aliphatic heterocycles. The number of ether oxygens (including phenoxy) is 1. The Morgan fingerprint density at radius 3 is 2.94 bits per heavy atom. The van der Waals surface area contributed by atoms with Crippen molar-refractivity contribution in [1.29, 1.82) is 0 Å². The Bertz CT molecular complexity index is 494. The van der Waals surface area contributed by atoms with E-state index in [1.54, 1.807) is 17.8 Å². The highest BCUT2D eigenvalue weighted by Gasteiger charge is 2.04. The lowest BCUT2D eigenvalue weighted by atomic mass is 10.1. The molecule has 2 aromatic rings. The molecule has 1 atom stereocenters.